The van der Waals surface area contributed by atoms with E-state index in [1.54, 1.807) is 12.1 Å². The fourth-order valence-corrected chi connectivity index (χ4v) is 5.10. The zero-order chi connectivity index (χ0) is 23.3. The van der Waals surface area contributed by atoms with Gasteiger partial charge in [-0.25, -0.2) is 4.39 Å². The number of aromatic amines is 1. The molecular formula is C27H32FN5O. The topological polar surface area (TPSA) is 73.1 Å². The highest BCUT2D eigenvalue weighted by Gasteiger charge is 2.23. The molecule has 1 aliphatic carbocycles. The average molecular weight is 462 g/mol. The van der Waals surface area contributed by atoms with Gasteiger partial charge in [0.05, 0.1) is 11.9 Å². The van der Waals surface area contributed by atoms with E-state index in [0.717, 1.165) is 67.8 Å². The molecule has 6 nitrogen and oxygen atoms in total. The second-order valence-corrected chi connectivity index (χ2v) is 9.44. The molecule has 178 valence electrons. The van der Waals surface area contributed by atoms with Gasteiger partial charge in [-0.05, 0) is 74.2 Å². The highest BCUT2D eigenvalue weighted by atomic mass is 19.1. The number of carbonyl (C=O) groups excluding carboxylic acids is 1. The largest absolute Gasteiger partial charge is 0.371 e. The van der Waals surface area contributed by atoms with Gasteiger partial charge in [0.2, 0.25) is 5.91 Å². The molecule has 1 amide bonds. The first-order chi connectivity index (χ1) is 16.7. The molecular weight excluding hydrogens is 429 g/mol. The number of amides is 1. The number of nitrogens with zero attached hydrogens (tertiary/aromatic N) is 2. The molecule has 0 unspecified atom stereocenters. The van der Waals surface area contributed by atoms with Crippen LogP contribution in [-0.2, 0) is 11.3 Å². The van der Waals surface area contributed by atoms with E-state index in [1.165, 1.54) is 30.7 Å². The number of benzene rings is 2. The monoisotopic (exact) mass is 461 g/mol. The first-order valence-electron chi connectivity index (χ1n) is 12.3. The number of nitrogens with one attached hydrogen (secondary N) is 3. The number of aromatic nitrogens is 2. The molecule has 1 saturated heterocycles. The Labute approximate surface area is 199 Å². The van der Waals surface area contributed by atoms with Crippen LogP contribution in [0, 0.1) is 11.7 Å². The van der Waals surface area contributed by atoms with Gasteiger partial charge in [-0.15, -0.1) is 0 Å². The molecule has 0 radical (unpaired) electrons. The van der Waals surface area contributed by atoms with Crippen LogP contribution in [0.1, 0.15) is 44.1 Å². The third kappa shape index (κ3) is 5.30. The van der Waals surface area contributed by atoms with Gasteiger partial charge in [-0.3, -0.25) is 9.89 Å². The number of anilines is 2. The van der Waals surface area contributed by atoms with E-state index >= 15 is 0 Å². The van der Waals surface area contributed by atoms with Crippen molar-refractivity contribution in [2.75, 3.05) is 23.3 Å². The molecule has 0 spiro atoms. The van der Waals surface area contributed by atoms with Crippen LogP contribution in [0.4, 0.5) is 15.8 Å². The van der Waals surface area contributed by atoms with E-state index in [2.05, 4.69) is 37.9 Å². The van der Waals surface area contributed by atoms with Crippen LogP contribution in [0.3, 0.4) is 0 Å². The summed E-state index contributed by atoms with van der Waals surface area (Å²) in [5, 5.41) is 14.0. The molecule has 1 aromatic heterocycles. The molecule has 1 saturated carbocycles. The van der Waals surface area contributed by atoms with Crippen molar-refractivity contribution in [3.63, 3.8) is 0 Å². The van der Waals surface area contributed by atoms with Crippen LogP contribution in [0.5, 0.6) is 0 Å². The Morgan fingerprint density at radius 2 is 1.71 bits per heavy atom. The summed E-state index contributed by atoms with van der Waals surface area (Å²) in [5.41, 5.74) is 5.04. The predicted octanol–water partition coefficient (Wildman–Crippen LogP) is 5.10. The number of H-pyrrole nitrogens is 1. The van der Waals surface area contributed by atoms with Crippen LogP contribution in [0.25, 0.3) is 11.3 Å². The Morgan fingerprint density at radius 3 is 2.41 bits per heavy atom. The van der Waals surface area contributed by atoms with Crippen molar-refractivity contribution in [3.05, 3.63) is 66.1 Å². The number of hydrogen-bond donors (Lipinski definition) is 3. The molecule has 2 aromatic carbocycles. The third-order valence-corrected chi connectivity index (χ3v) is 7.15. The summed E-state index contributed by atoms with van der Waals surface area (Å²) >= 11 is 0. The minimum atomic E-state index is -0.238. The van der Waals surface area contributed by atoms with E-state index in [-0.39, 0.29) is 17.6 Å². The van der Waals surface area contributed by atoms with Gasteiger partial charge >= 0.3 is 0 Å². The lowest BCUT2D eigenvalue weighted by molar-refractivity contribution is -0.119. The predicted molar refractivity (Wildman–Crippen MR) is 133 cm³/mol. The van der Waals surface area contributed by atoms with Gasteiger partial charge in [0.1, 0.15) is 5.82 Å². The van der Waals surface area contributed by atoms with Gasteiger partial charge in [0.15, 0.2) is 0 Å². The van der Waals surface area contributed by atoms with Gasteiger partial charge in [-0.1, -0.05) is 12.8 Å². The van der Waals surface area contributed by atoms with E-state index in [0.29, 0.717) is 6.04 Å². The lowest BCUT2D eigenvalue weighted by atomic mass is 10.0. The smallest absolute Gasteiger partial charge is 0.227 e. The Morgan fingerprint density at radius 1 is 1.00 bits per heavy atom. The molecule has 2 aliphatic rings. The molecule has 2 heterocycles. The van der Waals surface area contributed by atoms with E-state index < -0.39 is 0 Å². The number of hydrogen-bond acceptors (Lipinski definition) is 4. The van der Waals surface area contributed by atoms with E-state index in [4.69, 9.17) is 0 Å². The summed E-state index contributed by atoms with van der Waals surface area (Å²) in [5.74, 6) is 0.107. The summed E-state index contributed by atoms with van der Waals surface area (Å²) < 4.78 is 13.2. The van der Waals surface area contributed by atoms with Crippen molar-refractivity contribution in [2.45, 2.75) is 51.1 Å². The average Bonchev–Trinajstić information content (AvgIpc) is 3.57. The summed E-state index contributed by atoms with van der Waals surface area (Å²) in [6.07, 6.45) is 8.32. The SMILES string of the molecule is O=C(Nc1ccc(N2CCC(NCc3cn[nH]c3-c3ccc(F)cc3)CC2)cc1)C1CCCC1. The second-order valence-electron chi connectivity index (χ2n) is 9.44. The maximum Gasteiger partial charge on any atom is 0.227 e. The van der Waals surface area contributed by atoms with E-state index in [9.17, 15) is 9.18 Å². The molecule has 3 aromatic rings. The highest BCUT2D eigenvalue weighted by molar-refractivity contribution is 5.92. The lowest BCUT2D eigenvalue weighted by Crippen LogP contribution is -2.42. The van der Waals surface area contributed by atoms with Crippen molar-refractivity contribution < 1.29 is 9.18 Å². The zero-order valence-corrected chi connectivity index (χ0v) is 19.4. The Bertz CT molecular complexity index is 1080. The van der Waals surface area contributed by atoms with E-state index in [1.807, 2.05) is 18.3 Å². The van der Waals surface area contributed by atoms with Gasteiger partial charge in [-0.2, -0.15) is 5.10 Å². The van der Waals surface area contributed by atoms with Gasteiger partial charge in [0.25, 0.3) is 0 Å². The van der Waals surface area contributed by atoms with Gasteiger partial charge in [0, 0.05) is 54.1 Å². The lowest BCUT2D eigenvalue weighted by Gasteiger charge is -2.34. The van der Waals surface area contributed by atoms with Crippen molar-refractivity contribution in [2.24, 2.45) is 5.92 Å². The number of halogens is 1. The van der Waals surface area contributed by atoms with Crippen LogP contribution in [0.2, 0.25) is 0 Å². The number of piperidine rings is 1. The molecule has 1 aliphatic heterocycles. The number of rotatable bonds is 7. The van der Waals surface area contributed by atoms with Crippen LogP contribution < -0.4 is 15.5 Å². The number of carbonyl (C=O) groups is 1. The molecule has 3 N–H and O–H groups in total. The summed E-state index contributed by atoms with van der Waals surface area (Å²) in [7, 11) is 0. The molecule has 7 heteroatoms. The van der Waals surface area contributed by atoms with Crippen LogP contribution in [0.15, 0.2) is 54.7 Å². The Hall–Kier alpha value is -3.19. The normalized spacial score (nSPS) is 17.3. The first-order valence-corrected chi connectivity index (χ1v) is 12.3. The van der Waals surface area contributed by atoms with Crippen LogP contribution in [-0.4, -0.2) is 35.2 Å². The molecule has 0 atom stereocenters. The van der Waals surface area contributed by atoms with Crippen molar-refractivity contribution in [3.8, 4) is 11.3 Å². The minimum Gasteiger partial charge on any atom is -0.371 e. The molecule has 2 fully saturated rings. The Kier molecular flexibility index (Phi) is 6.90. The highest BCUT2D eigenvalue weighted by Crippen LogP contribution is 2.27. The standard InChI is InChI=1S/C27H32FN5O/c28-22-7-5-19(6-8-22)26-21(18-30-32-26)17-29-23-13-15-33(16-14-23)25-11-9-24(10-12-25)31-27(34)20-3-1-2-4-20/h5-12,18,20,23,29H,1-4,13-17H2,(H,30,32)(H,31,34). The summed E-state index contributed by atoms with van der Waals surface area (Å²) in [4.78, 5) is 14.8. The quantitative estimate of drug-likeness (QED) is 0.458. The molecule has 34 heavy (non-hydrogen) atoms. The second kappa shape index (κ2) is 10.4. The summed E-state index contributed by atoms with van der Waals surface area (Å²) in [6.45, 7) is 2.70. The van der Waals surface area contributed by atoms with Crippen molar-refractivity contribution >= 4 is 17.3 Å². The first kappa shape index (κ1) is 22.6. The minimum absolute atomic E-state index is 0.164. The Balaban J connectivity index is 1.10. The fourth-order valence-electron chi connectivity index (χ4n) is 5.10. The van der Waals surface area contributed by atoms with Gasteiger partial charge < -0.3 is 15.5 Å². The zero-order valence-electron chi connectivity index (χ0n) is 19.4. The van der Waals surface area contributed by atoms with Crippen molar-refractivity contribution in [1.82, 2.24) is 15.5 Å². The molecule has 0 bridgehead atoms. The van der Waals surface area contributed by atoms with Crippen molar-refractivity contribution in [1.29, 1.82) is 0 Å². The maximum atomic E-state index is 13.2. The third-order valence-electron chi connectivity index (χ3n) is 7.15. The fraction of sp³-hybridized carbons (Fsp3) is 0.407. The summed E-state index contributed by atoms with van der Waals surface area (Å²) in [6, 6.07) is 15.2. The maximum absolute atomic E-state index is 13.2. The van der Waals surface area contributed by atoms with Crippen LogP contribution >= 0.6 is 0 Å². The molecule has 5 rings (SSSR count).